The Morgan fingerprint density at radius 3 is 2.41 bits per heavy atom. The van der Waals surface area contributed by atoms with Crippen LogP contribution in [0.3, 0.4) is 0 Å². The standard InChI is InChI=1S/C28H29F3N2O4/c1-4-33(27(36)32-16-20-7-5-6-8-25(20)35)17-21-15-22(28(29,30)31)10-11-23(21)24-14-19(13-18(2)34)9-12-26(24)37-3/h5-12,14-15,34-35H,2,4,13,16-17H2,1,3H3,(H,32,36). The molecule has 37 heavy (non-hydrogen) atoms. The van der Waals surface area contributed by atoms with E-state index in [-0.39, 0.29) is 43.1 Å². The van der Waals surface area contributed by atoms with Gasteiger partial charge in [-0.1, -0.05) is 36.9 Å². The molecule has 0 bridgehead atoms. The Bertz CT molecular complexity index is 1270. The van der Waals surface area contributed by atoms with Crippen molar-refractivity contribution in [3.8, 4) is 22.6 Å². The van der Waals surface area contributed by atoms with E-state index in [0.717, 1.165) is 12.1 Å². The Morgan fingerprint density at radius 2 is 1.78 bits per heavy atom. The molecular formula is C28H29F3N2O4. The summed E-state index contributed by atoms with van der Waals surface area (Å²) in [5, 5.41) is 22.3. The SMILES string of the molecule is C=C(O)Cc1ccc(OC)c(-c2ccc(C(F)(F)F)cc2CN(CC)C(=O)NCc2ccccc2O)c1. The summed E-state index contributed by atoms with van der Waals surface area (Å²) in [5.74, 6) is 0.408. The number of carbonyl (C=O) groups is 1. The monoisotopic (exact) mass is 514 g/mol. The van der Waals surface area contributed by atoms with Gasteiger partial charge in [0, 0.05) is 37.2 Å². The van der Waals surface area contributed by atoms with Crippen molar-refractivity contribution in [3.63, 3.8) is 0 Å². The number of halogens is 3. The lowest BCUT2D eigenvalue weighted by Crippen LogP contribution is -2.39. The number of allylic oxidation sites excluding steroid dienone is 1. The summed E-state index contributed by atoms with van der Waals surface area (Å²) in [7, 11) is 1.46. The van der Waals surface area contributed by atoms with Crippen molar-refractivity contribution in [1.82, 2.24) is 10.2 Å². The third-order valence-electron chi connectivity index (χ3n) is 5.85. The molecular weight excluding hydrogens is 485 g/mol. The molecule has 0 saturated carbocycles. The number of nitrogens with zero attached hydrogens (tertiary/aromatic N) is 1. The fourth-order valence-corrected chi connectivity index (χ4v) is 3.95. The predicted molar refractivity (Wildman–Crippen MR) is 135 cm³/mol. The van der Waals surface area contributed by atoms with Crippen LogP contribution in [0, 0.1) is 0 Å². The normalized spacial score (nSPS) is 11.2. The first-order valence-corrected chi connectivity index (χ1v) is 11.6. The second kappa shape index (κ2) is 11.7. The van der Waals surface area contributed by atoms with Crippen molar-refractivity contribution >= 4 is 6.03 Å². The van der Waals surface area contributed by atoms with E-state index >= 15 is 0 Å². The predicted octanol–water partition coefficient (Wildman–Crippen LogP) is 6.43. The molecule has 2 amide bonds. The number of rotatable bonds is 9. The number of aliphatic hydroxyl groups is 1. The number of benzene rings is 3. The van der Waals surface area contributed by atoms with Gasteiger partial charge in [0.15, 0.2) is 0 Å². The van der Waals surface area contributed by atoms with Gasteiger partial charge in [-0.25, -0.2) is 4.79 Å². The maximum absolute atomic E-state index is 13.6. The summed E-state index contributed by atoms with van der Waals surface area (Å²) >= 11 is 0. The number of hydrogen-bond acceptors (Lipinski definition) is 4. The van der Waals surface area contributed by atoms with Crippen LogP contribution in [0.2, 0.25) is 0 Å². The van der Waals surface area contributed by atoms with Crippen LogP contribution in [0.4, 0.5) is 18.0 Å². The molecule has 0 unspecified atom stereocenters. The van der Waals surface area contributed by atoms with Crippen LogP contribution < -0.4 is 10.1 Å². The number of phenols is 1. The van der Waals surface area contributed by atoms with Crippen molar-refractivity contribution in [1.29, 1.82) is 0 Å². The lowest BCUT2D eigenvalue weighted by molar-refractivity contribution is -0.137. The first-order valence-electron chi connectivity index (χ1n) is 11.6. The zero-order valence-electron chi connectivity index (χ0n) is 20.6. The highest BCUT2D eigenvalue weighted by atomic mass is 19.4. The fraction of sp³-hybridized carbons (Fsp3) is 0.250. The molecule has 3 N–H and O–H groups in total. The first-order chi connectivity index (χ1) is 17.5. The number of para-hydroxylation sites is 1. The third kappa shape index (κ3) is 6.97. The molecule has 196 valence electrons. The third-order valence-corrected chi connectivity index (χ3v) is 5.85. The Hall–Kier alpha value is -4.14. The zero-order chi connectivity index (χ0) is 27.2. The number of urea groups is 1. The van der Waals surface area contributed by atoms with E-state index in [9.17, 15) is 28.2 Å². The van der Waals surface area contributed by atoms with Crippen LogP contribution in [0.1, 0.15) is 29.2 Å². The van der Waals surface area contributed by atoms with Gasteiger partial charge in [-0.15, -0.1) is 0 Å². The number of nitrogens with one attached hydrogen (secondary N) is 1. The lowest BCUT2D eigenvalue weighted by Gasteiger charge is -2.24. The van der Waals surface area contributed by atoms with E-state index in [0.29, 0.717) is 28.0 Å². The summed E-state index contributed by atoms with van der Waals surface area (Å²) in [6, 6.07) is 14.6. The van der Waals surface area contributed by atoms with Gasteiger partial charge >= 0.3 is 12.2 Å². The number of hydrogen-bond donors (Lipinski definition) is 3. The van der Waals surface area contributed by atoms with Gasteiger partial charge in [0.2, 0.25) is 0 Å². The second-order valence-corrected chi connectivity index (χ2v) is 8.45. The van der Waals surface area contributed by atoms with Gasteiger partial charge in [0.25, 0.3) is 0 Å². The minimum absolute atomic E-state index is 0.0311. The largest absolute Gasteiger partial charge is 0.513 e. The molecule has 0 aliphatic rings. The molecule has 0 aromatic heterocycles. The molecule has 6 nitrogen and oxygen atoms in total. The van der Waals surface area contributed by atoms with Crippen LogP contribution in [0.5, 0.6) is 11.5 Å². The summed E-state index contributed by atoms with van der Waals surface area (Å²) < 4.78 is 46.3. The Balaban J connectivity index is 1.99. The highest BCUT2D eigenvalue weighted by Gasteiger charge is 2.31. The van der Waals surface area contributed by atoms with Gasteiger partial charge in [0.05, 0.1) is 18.4 Å². The number of ether oxygens (including phenoxy) is 1. The van der Waals surface area contributed by atoms with Crippen LogP contribution in [-0.2, 0) is 25.7 Å². The highest BCUT2D eigenvalue weighted by molar-refractivity contribution is 5.77. The molecule has 0 radical (unpaired) electrons. The summed E-state index contributed by atoms with van der Waals surface area (Å²) in [4.78, 5) is 14.3. The molecule has 3 rings (SSSR count). The number of aliphatic hydroxyl groups excluding tert-OH is 1. The van der Waals surface area contributed by atoms with E-state index in [1.807, 2.05) is 0 Å². The van der Waals surface area contributed by atoms with Gasteiger partial charge < -0.3 is 25.2 Å². The molecule has 0 heterocycles. The number of carbonyl (C=O) groups excluding carboxylic acids is 1. The molecule has 0 aliphatic carbocycles. The van der Waals surface area contributed by atoms with Gasteiger partial charge in [-0.05, 0) is 53.9 Å². The highest BCUT2D eigenvalue weighted by Crippen LogP contribution is 2.38. The molecule has 0 atom stereocenters. The van der Waals surface area contributed by atoms with Crippen molar-refractivity contribution in [2.24, 2.45) is 0 Å². The smallest absolute Gasteiger partial charge is 0.416 e. The minimum Gasteiger partial charge on any atom is -0.513 e. The van der Waals surface area contributed by atoms with Crippen LogP contribution in [0.15, 0.2) is 73.0 Å². The van der Waals surface area contributed by atoms with E-state index in [1.165, 1.54) is 24.1 Å². The minimum atomic E-state index is -4.57. The number of phenolic OH excluding ortho intramolecular Hbond substituents is 1. The molecule has 0 aliphatic heterocycles. The molecule has 3 aromatic rings. The Kier molecular flexibility index (Phi) is 8.70. The van der Waals surface area contributed by atoms with Crippen LogP contribution in [0.25, 0.3) is 11.1 Å². The van der Waals surface area contributed by atoms with Crippen molar-refractivity contribution in [2.75, 3.05) is 13.7 Å². The van der Waals surface area contributed by atoms with Crippen molar-refractivity contribution in [3.05, 3.63) is 95.3 Å². The van der Waals surface area contributed by atoms with E-state index in [2.05, 4.69) is 11.9 Å². The number of methoxy groups -OCH3 is 1. The Morgan fingerprint density at radius 1 is 1.05 bits per heavy atom. The fourth-order valence-electron chi connectivity index (χ4n) is 3.95. The topological polar surface area (TPSA) is 82.0 Å². The number of alkyl halides is 3. The lowest BCUT2D eigenvalue weighted by atomic mass is 9.94. The van der Waals surface area contributed by atoms with Gasteiger partial charge in [-0.3, -0.25) is 0 Å². The quantitative estimate of drug-likeness (QED) is 0.287. The number of aromatic hydroxyl groups is 1. The molecule has 0 fully saturated rings. The van der Waals surface area contributed by atoms with Crippen molar-refractivity contribution < 1.29 is 32.9 Å². The maximum atomic E-state index is 13.6. The molecule has 0 spiro atoms. The average molecular weight is 515 g/mol. The summed E-state index contributed by atoms with van der Waals surface area (Å²) in [6.45, 7) is 5.39. The average Bonchev–Trinajstić information content (AvgIpc) is 2.85. The zero-order valence-corrected chi connectivity index (χ0v) is 20.6. The molecule has 3 aromatic carbocycles. The molecule has 0 saturated heterocycles. The van der Waals surface area contributed by atoms with E-state index in [1.54, 1.807) is 43.3 Å². The summed E-state index contributed by atoms with van der Waals surface area (Å²) in [5.41, 5.74) is 1.63. The second-order valence-electron chi connectivity index (χ2n) is 8.45. The molecule has 9 heteroatoms. The number of amides is 2. The van der Waals surface area contributed by atoms with E-state index in [4.69, 9.17) is 4.74 Å². The summed E-state index contributed by atoms with van der Waals surface area (Å²) in [6.07, 6.45) is -4.40. The van der Waals surface area contributed by atoms with Gasteiger partial charge in [-0.2, -0.15) is 13.2 Å². The Labute approximate surface area is 213 Å². The van der Waals surface area contributed by atoms with Gasteiger partial charge in [0.1, 0.15) is 11.5 Å². The maximum Gasteiger partial charge on any atom is 0.416 e. The van der Waals surface area contributed by atoms with Crippen molar-refractivity contribution in [2.45, 2.75) is 32.6 Å². The van der Waals surface area contributed by atoms with Crippen LogP contribution in [-0.4, -0.2) is 34.8 Å². The first kappa shape index (κ1) is 27.4. The van der Waals surface area contributed by atoms with E-state index < -0.39 is 17.8 Å². The van der Waals surface area contributed by atoms with Crippen LogP contribution >= 0.6 is 0 Å².